The zero-order valence-electron chi connectivity index (χ0n) is 19.9. The lowest BCUT2D eigenvalue weighted by atomic mass is 9.93. The minimum Gasteiger partial charge on any atom is -0.351 e. The molecule has 8 nitrogen and oxygen atoms in total. The van der Waals surface area contributed by atoms with Gasteiger partial charge in [-0.1, -0.05) is 23.7 Å². The highest BCUT2D eigenvalue weighted by Gasteiger charge is 2.31. The topological polar surface area (TPSA) is 91.3 Å². The quantitative estimate of drug-likeness (QED) is 0.533. The maximum absolute atomic E-state index is 13.3. The molecule has 1 aromatic carbocycles. The van der Waals surface area contributed by atoms with Crippen molar-refractivity contribution in [3.05, 3.63) is 71.3 Å². The number of hydrogen-bond donors (Lipinski definition) is 1. The number of carbonyl (C=O) groups is 2. The van der Waals surface area contributed by atoms with E-state index in [1.54, 1.807) is 18.3 Å². The summed E-state index contributed by atoms with van der Waals surface area (Å²) in [5, 5.41) is 3.45. The summed E-state index contributed by atoms with van der Waals surface area (Å²) in [6.45, 7) is 0.903. The van der Waals surface area contributed by atoms with Gasteiger partial charge in [0.05, 0.1) is 17.3 Å². The lowest BCUT2D eigenvalue weighted by Gasteiger charge is -2.36. The maximum Gasteiger partial charge on any atom is 0.252 e. The Kier molecular flexibility index (Phi) is 7.92. The van der Waals surface area contributed by atoms with Crippen molar-refractivity contribution in [2.45, 2.75) is 31.7 Å². The molecule has 3 aromatic rings. The largest absolute Gasteiger partial charge is 0.351 e. The molecule has 0 bridgehead atoms. The minimum absolute atomic E-state index is 0.0109. The Hall–Kier alpha value is -3.52. The molecule has 1 atom stereocenters. The Morgan fingerprint density at radius 2 is 2.03 bits per heavy atom. The lowest BCUT2D eigenvalue weighted by molar-refractivity contribution is -0.135. The van der Waals surface area contributed by atoms with Crippen molar-refractivity contribution >= 4 is 29.4 Å². The molecule has 1 N–H and O–H groups in total. The number of amides is 2. The van der Waals surface area contributed by atoms with Crippen molar-refractivity contribution in [2.75, 3.05) is 32.1 Å². The number of rotatable bonds is 7. The summed E-state index contributed by atoms with van der Waals surface area (Å²) in [6, 6.07) is 10.8. The maximum atomic E-state index is 13.3. The molecule has 2 amide bonds. The van der Waals surface area contributed by atoms with Crippen molar-refractivity contribution in [1.29, 1.82) is 0 Å². The number of carbonyl (C=O) groups excluding carboxylic acids is 2. The lowest BCUT2D eigenvalue weighted by Crippen LogP contribution is -2.40. The number of benzene rings is 1. The molecular weight excluding hydrogens is 464 g/mol. The first-order chi connectivity index (χ1) is 16.9. The predicted octanol–water partition coefficient (Wildman–Crippen LogP) is 4.13. The van der Waals surface area contributed by atoms with Gasteiger partial charge >= 0.3 is 0 Å². The number of aromatic nitrogens is 3. The molecule has 2 aromatic heterocycles. The zero-order chi connectivity index (χ0) is 24.8. The van der Waals surface area contributed by atoms with Crippen LogP contribution in [0.5, 0.6) is 0 Å². The van der Waals surface area contributed by atoms with Crippen molar-refractivity contribution < 1.29 is 9.59 Å². The first-order valence-corrected chi connectivity index (χ1v) is 12.1. The van der Waals surface area contributed by atoms with Crippen molar-refractivity contribution in [1.82, 2.24) is 25.2 Å². The van der Waals surface area contributed by atoms with Gasteiger partial charge in [0.15, 0.2) is 0 Å². The summed E-state index contributed by atoms with van der Waals surface area (Å²) in [4.78, 5) is 42.7. The van der Waals surface area contributed by atoms with Gasteiger partial charge < -0.3 is 15.1 Å². The summed E-state index contributed by atoms with van der Waals surface area (Å²) in [6.07, 6.45) is 7.89. The van der Waals surface area contributed by atoms with Gasteiger partial charge in [-0.05, 0) is 49.1 Å². The molecule has 35 heavy (non-hydrogen) atoms. The molecule has 182 valence electrons. The van der Waals surface area contributed by atoms with Gasteiger partial charge in [0.25, 0.3) is 5.91 Å². The monoisotopic (exact) mass is 492 g/mol. The van der Waals surface area contributed by atoms with Crippen LogP contribution in [0.3, 0.4) is 0 Å². The van der Waals surface area contributed by atoms with Crippen molar-refractivity contribution in [3.8, 4) is 11.1 Å². The highest BCUT2D eigenvalue weighted by atomic mass is 35.5. The fraction of sp³-hybridized carbons (Fsp3) is 0.346. The number of anilines is 1. The molecule has 4 rings (SSSR count). The molecule has 1 saturated heterocycles. The van der Waals surface area contributed by atoms with E-state index in [9.17, 15) is 9.59 Å². The summed E-state index contributed by atoms with van der Waals surface area (Å²) in [5.74, 6) is 0.339. The van der Waals surface area contributed by atoms with E-state index in [-0.39, 0.29) is 30.8 Å². The van der Waals surface area contributed by atoms with Gasteiger partial charge in [0, 0.05) is 62.8 Å². The van der Waals surface area contributed by atoms with Crippen LogP contribution in [-0.2, 0) is 4.79 Å². The van der Waals surface area contributed by atoms with E-state index >= 15 is 0 Å². The van der Waals surface area contributed by atoms with Crippen molar-refractivity contribution in [2.24, 2.45) is 0 Å². The number of nitrogens with zero attached hydrogens (tertiary/aromatic N) is 5. The normalized spacial score (nSPS) is 15.5. The fourth-order valence-corrected chi connectivity index (χ4v) is 4.46. The van der Waals surface area contributed by atoms with Crippen LogP contribution in [0, 0.1) is 0 Å². The second kappa shape index (κ2) is 11.3. The third-order valence-corrected chi connectivity index (χ3v) is 6.26. The van der Waals surface area contributed by atoms with Crippen LogP contribution in [0.25, 0.3) is 11.1 Å². The molecule has 0 spiro atoms. The van der Waals surface area contributed by atoms with Crippen LogP contribution in [0.2, 0.25) is 5.02 Å². The molecule has 9 heteroatoms. The summed E-state index contributed by atoms with van der Waals surface area (Å²) < 4.78 is 0. The zero-order valence-corrected chi connectivity index (χ0v) is 20.7. The Labute approximate surface area is 210 Å². The Bertz CT molecular complexity index is 1190. The second-order valence-electron chi connectivity index (χ2n) is 8.72. The van der Waals surface area contributed by atoms with Crippen LogP contribution in [0.1, 0.15) is 47.8 Å². The van der Waals surface area contributed by atoms with Gasteiger partial charge in [0.2, 0.25) is 11.9 Å². The molecule has 0 radical (unpaired) electrons. The van der Waals surface area contributed by atoms with Crippen molar-refractivity contribution in [3.63, 3.8) is 0 Å². The number of halogens is 1. The SMILES string of the molecule is CN(C)c1ncc(-c2cccc(Cl)c2)c([C@H]2CCCCN2C(=O)CCNC(=O)c2cccnc2)n1. The number of piperidine rings is 1. The van der Waals surface area contributed by atoms with Crippen LogP contribution in [-0.4, -0.2) is 58.9 Å². The summed E-state index contributed by atoms with van der Waals surface area (Å²) in [7, 11) is 3.79. The second-order valence-corrected chi connectivity index (χ2v) is 9.16. The minimum atomic E-state index is -0.240. The first kappa shape index (κ1) is 24.6. The third kappa shape index (κ3) is 5.95. The number of hydrogen-bond acceptors (Lipinski definition) is 6. The van der Waals surface area contributed by atoms with Gasteiger partial charge in [-0.25, -0.2) is 9.97 Å². The predicted molar refractivity (Wildman–Crippen MR) is 136 cm³/mol. The smallest absolute Gasteiger partial charge is 0.252 e. The standard InChI is InChI=1S/C26H29ClN6O2/c1-32(2)26-30-17-21(18-7-5-9-20(27)15-18)24(31-26)22-10-3-4-14-33(22)23(34)11-13-29-25(35)19-8-6-12-28-16-19/h5-9,12,15-17,22H,3-4,10-11,13-14H2,1-2H3,(H,29,35)/t22-/m1/s1. The number of nitrogens with one attached hydrogen (secondary N) is 1. The van der Waals surface area contributed by atoms with Gasteiger partial charge in [0.1, 0.15) is 0 Å². The van der Waals surface area contributed by atoms with Gasteiger partial charge in [-0.15, -0.1) is 0 Å². The first-order valence-electron chi connectivity index (χ1n) is 11.7. The van der Waals surface area contributed by atoms with Crippen LogP contribution < -0.4 is 10.2 Å². The van der Waals surface area contributed by atoms with Crippen LogP contribution >= 0.6 is 11.6 Å². The average molecular weight is 493 g/mol. The van der Waals surface area contributed by atoms with Crippen LogP contribution in [0.15, 0.2) is 55.0 Å². The fourth-order valence-electron chi connectivity index (χ4n) is 4.27. The summed E-state index contributed by atoms with van der Waals surface area (Å²) in [5.41, 5.74) is 3.07. The molecule has 1 aliphatic heterocycles. The summed E-state index contributed by atoms with van der Waals surface area (Å²) >= 11 is 6.27. The van der Waals surface area contributed by atoms with E-state index < -0.39 is 0 Å². The third-order valence-electron chi connectivity index (χ3n) is 6.03. The van der Waals surface area contributed by atoms with E-state index in [4.69, 9.17) is 16.6 Å². The highest BCUT2D eigenvalue weighted by molar-refractivity contribution is 6.30. The number of likely N-dealkylation sites (tertiary alicyclic amines) is 1. The van der Waals surface area contributed by atoms with Gasteiger partial charge in [-0.2, -0.15) is 0 Å². The van der Waals surface area contributed by atoms with E-state index in [2.05, 4.69) is 15.3 Å². The molecule has 0 unspecified atom stereocenters. The highest BCUT2D eigenvalue weighted by Crippen LogP contribution is 2.37. The van der Waals surface area contributed by atoms with E-state index in [0.29, 0.717) is 23.1 Å². The number of pyridine rings is 1. The van der Waals surface area contributed by atoms with Crippen LogP contribution in [0.4, 0.5) is 5.95 Å². The molecular formula is C26H29ClN6O2. The Morgan fingerprint density at radius 1 is 1.17 bits per heavy atom. The molecule has 0 aliphatic carbocycles. The Balaban J connectivity index is 1.56. The Morgan fingerprint density at radius 3 is 2.77 bits per heavy atom. The molecule has 1 fully saturated rings. The molecule has 0 saturated carbocycles. The molecule has 1 aliphatic rings. The van der Waals surface area contributed by atoms with E-state index in [1.807, 2.05) is 54.4 Å². The molecule has 3 heterocycles. The van der Waals surface area contributed by atoms with Gasteiger partial charge in [-0.3, -0.25) is 14.6 Å². The van der Waals surface area contributed by atoms with E-state index in [1.165, 1.54) is 6.20 Å². The average Bonchev–Trinajstić information content (AvgIpc) is 2.88. The van der Waals surface area contributed by atoms with E-state index in [0.717, 1.165) is 36.1 Å².